The van der Waals surface area contributed by atoms with Gasteiger partial charge in [0.05, 0.1) is 5.69 Å². The number of aromatic nitrogens is 1. The lowest BCUT2D eigenvalue weighted by Gasteiger charge is -2.31. The van der Waals surface area contributed by atoms with Crippen LogP contribution in [0, 0.1) is 5.92 Å². The number of ether oxygens (including phenoxy) is 1. The molecule has 2 atom stereocenters. The molecule has 0 aliphatic carbocycles. The third-order valence-electron chi connectivity index (χ3n) is 3.14. The van der Waals surface area contributed by atoms with Crippen molar-refractivity contribution in [3.05, 3.63) is 28.5 Å². The molecule has 1 N–H and O–H groups in total. The van der Waals surface area contributed by atoms with Crippen molar-refractivity contribution in [2.75, 3.05) is 19.7 Å². The minimum atomic E-state index is 0.149. The number of hydrogen-bond acceptors (Lipinski definition) is 3. The van der Waals surface area contributed by atoms with Gasteiger partial charge in [-0.2, -0.15) is 0 Å². The van der Waals surface area contributed by atoms with E-state index in [1.54, 1.807) is 0 Å². The van der Waals surface area contributed by atoms with Crippen molar-refractivity contribution in [3.8, 4) is 0 Å². The van der Waals surface area contributed by atoms with Crippen molar-refractivity contribution < 1.29 is 4.74 Å². The fourth-order valence-corrected chi connectivity index (χ4v) is 2.50. The van der Waals surface area contributed by atoms with Crippen molar-refractivity contribution in [2.24, 2.45) is 5.92 Å². The van der Waals surface area contributed by atoms with Crippen molar-refractivity contribution in [1.29, 1.82) is 0 Å². The van der Waals surface area contributed by atoms with Crippen LogP contribution in [0.5, 0.6) is 0 Å². The molecule has 0 radical (unpaired) electrons. The van der Waals surface area contributed by atoms with Crippen LogP contribution in [0.3, 0.4) is 0 Å². The Bertz CT molecular complexity index is 342. The standard InChI is InChI=1S/C13H19BrN2O/c1-2-15-8-10-4-3-7-17-13(10)12-6-5-11(14)9-16-12/h5-6,9-10,13,15H,2-4,7-8H2,1H3. The molecule has 0 bridgehead atoms. The Morgan fingerprint density at radius 3 is 3.12 bits per heavy atom. The van der Waals surface area contributed by atoms with Crippen molar-refractivity contribution in [2.45, 2.75) is 25.9 Å². The van der Waals surface area contributed by atoms with E-state index >= 15 is 0 Å². The van der Waals surface area contributed by atoms with Crippen LogP contribution >= 0.6 is 15.9 Å². The van der Waals surface area contributed by atoms with Crippen molar-refractivity contribution >= 4 is 15.9 Å². The van der Waals surface area contributed by atoms with E-state index in [1.807, 2.05) is 12.3 Å². The molecule has 2 heterocycles. The highest BCUT2D eigenvalue weighted by atomic mass is 79.9. The number of halogens is 1. The Morgan fingerprint density at radius 1 is 1.53 bits per heavy atom. The van der Waals surface area contributed by atoms with Crippen LogP contribution in [-0.2, 0) is 4.74 Å². The number of nitrogens with zero attached hydrogens (tertiary/aromatic N) is 1. The molecule has 0 amide bonds. The highest BCUT2D eigenvalue weighted by Gasteiger charge is 2.27. The van der Waals surface area contributed by atoms with Gasteiger partial charge in [0, 0.05) is 29.7 Å². The molecule has 1 aliphatic heterocycles. The first-order chi connectivity index (χ1) is 8.31. The van der Waals surface area contributed by atoms with E-state index in [2.05, 4.69) is 39.2 Å². The van der Waals surface area contributed by atoms with Gasteiger partial charge in [-0.3, -0.25) is 4.98 Å². The largest absolute Gasteiger partial charge is 0.372 e. The first-order valence-corrected chi connectivity index (χ1v) is 7.04. The smallest absolute Gasteiger partial charge is 0.103 e. The summed E-state index contributed by atoms with van der Waals surface area (Å²) in [6, 6.07) is 4.09. The topological polar surface area (TPSA) is 34.1 Å². The Morgan fingerprint density at radius 2 is 2.41 bits per heavy atom. The van der Waals surface area contributed by atoms with Crippen LogP contribution in [0.25, 0.3) is 0 Å². The maximum atomic E-state index is 5.90. The molecule has 1 aromatic heterocycles. The molecule has 3 nitrogen and oxygen atoms in total. The lowest BCUT2D eigenvalue weighted by Crippen LogP contribution is -2.32. The predicted molar refractivity (Wildman–Crippen MR) is 71.9 cm³/mol. The van der Waals surface area contributed by atoms with Gasteiger partial charge in [0.1, 0.15) is 6.10 Å². The molecule has 1 aliphatic rings. The number of rotatable bonds is 4. The zero-order valence-corrected chi connectivity index (χ0v) is 11.7. The minimum Gasteiger partial charge on any atom is -0.372 e. The summed E-state index contributed by atoms with van der Waals surface area (Å²) in [7, 11) is 0. The highest BCUT2D eigenvalue weighted by molar-refractivity contribution is 9.10. The predicted octanol–water partition coefficient (Wildman–Crippen LogP) is 2.92. The maximum Gasteiger partial charge on any atom is 0.103 e. The Kier molecular flexibility index (Phi) is 4.95. The first-order valence-electron chi connectivity index (χ1n) is 6.25. The number of pyridine rings is 1. The van der Waals surface area contributed by atoms with E-state index in [4.69, 9.17) is 4.74 Å². The van der Waals surface area contributed by atoms with E-state index in [0.29, 0.717) is 5.92 Å². The van der Waals surface area contributed by atoms with Gasteiger partial charge in [-0.25, -0.2) is 0 Å². The third-order valence-corrected chi connectivity index (χ3v) is 3.61. The van der Waals surface area contributed by atoms with Gasteiger partial charge >= 0.3 is 0 Å². The number of nitrogens with one attached hydrogen (secondary N) is 1. The summed E-state index contributed by atoms with van der Waals surface area (Å²) in [5, 5.41) is 3.41. The summed E-state index contributed by atoms with van der Waals surface area (Å²) in [4.78, 5) is 4.46. The normalized spacial score (nSPS) is 24.8. The van der Waals surface area contributed by atoms with Gasteiger partial charge in [0.2, 0.25) is 0 Å². The molecule has 2 unspecified atom stereocenters. The van der Waals surface area contributed by atoms with Crippen LogP contribution in [-0.4, -0.2) is 24.7 Å². The second kappa shape index (κ2) is 6.47. The average molecular weight is 299 g/mol. The minimum absolute atomic E-state index is 0.149. The van der Waals surface area contributed by atoms with Gasteiger partial charge in [-0.1, -0.05) is 6.92 Å². The Balaban J connectivity index is 2.07. The first kappa shape index (κ1) is 13.0. The van der Waals surface area contributed by atoms with Gasteiger partial charge in [-0.05, 0) is 47.4 Å². The van der Waals surface area contributed by atoms with Crippen LogP contribution in [0.15, 0.2) is 22.8 Å². The summed E-state index contributed by atoms with van der Waals surface area (Å²) >= 11 is 3.41. The van der Waals surface area contributed by atoms with Gasteiger partial charge in [-0.15, -0.1) is 0 Å². The molecule has 0 aromatic carbocycles. The number of hydrogen-bond donors (Lipinski definition) is 1. The maximum absolute atomic E-state index is 5.90. The summed E-state index contributed by atoms with van der Waals surface area (Å²) in [6.07, 6.45) is 4.37. The van der Waals surface area contributed by atoms with Gasteiger partial charge in [0.25, 0.3) is 0 Å². The van der Waals surface area contributed by atoms with Gasteiger partial charge in [0.15, 0.2) is 0 Å². The van der Waals surface area contributed by atoms with E-state index in [0.717, 1.165) is 36.3 Å². The summed E-state index contributed by atoms with van der Waals surface area (Å²) in [5.74, 6) is 0.539. The van der Waals surface area contributed by atoms with Crippen molar-refractivity contribution in [3.63, 3.8) is 0 Å². The highest BCUT2D eigenvalue weighted by Crippen LogP contribution is 2.32. The van der Waals surface area contributed by atoms with Crippen LogP contribution in [0.4, 0.5) is 0 Å². The van der Waals surface area contributed by atoms with Crippen LogP contribution in [0.2, 0.25) is 0 Å². The summed E-state index contributed by atoms with van der Waals surface area (Å²) in [6.45, 7) is 5.01. The summed E-state index contributed by atoms with van der Waals surface area (Å²) < 4.78 is 6.91. The Hall–Kier alpha value is -0.450. The summed E-state index contributed by atoms with van der Waals surface area (Å²) in [5.41, 5.74) is 1.05. The van der Waals surface area contributed by atoms with Crippen molar-refractivity contribution in [1.82, 2.24) is 10.3 Å². The molecule has 1 fully saturated rings. The molecular formula is C13H19BrN2O. The monoisotopic (exact) mass is 298 g/mol. The Labute approximate surface area is 111 Å². The third kappa shape index (κ3) is 3.50. The molecule has 94 valence electrons. The lowest BCUT2D eigenvalue weighted by atomic mass is 9.92. The SMILES string of the molecule is CCNCC1CCCOC1c1ccc(Br)cn1. The van der Waals surface area contributed by atoms with E-state index < -0.39 is 0 Å². The molecule has 0 spiro atoms. The quantitative estimate of drug-likeness (QED) is 0.928. The second-order valence-electron chi connectivity index (χ2n) is 4.40. The fourth-order valence-electron chi connectivity index (χ4n) is 2.26. The molecular weight excluding hydrogens is 280 g/mol. The van der Waals surface area contributed by atoms with Crippen LogP contribution in [0.1, 0.15) is 31.6 Å². The van der Waals surface area contributed by atoms with E-state index in [9.17, 15) is 0 Å². The molecule has 4 heteroatoms. The van der Waals surface area contributed by atoms with Crippen LogP contribution < -0.4 is 5.32 Å². The zero-order chi connectivity index (χ0) is 12.1. The molecule has 17 heavy (non-hydrogen) atoms. The second-order valence-corrected chi connectivity index (χ2v) is 5.32. The van der Waals surface area contributed by atoms with E-state index in [1.165, 1.54) is 6.42 Å². The lowest BCUT2D eigenvalue weighted by molar-refractivity contribution is -0.0301. The molecule has 1 saturated heterocycles. The fraction of sp³-hybridized carbons (Fsp3) is 0.615. The zero-order valence-electron chi connectivity index (χ0n) is 10.2. The average Bonchev–Trinajstić information content (AvgIpc) is 2.38. The molecule has 2 rings (SSSR count). The molecule has 0 saturated carbocycles. The van der Waals surface area contributed by atoms with Gasteiger partial charge < -0.3 is 10.1 Å². The molecule has 1 aromatic rings. The van der Waals surface area contributed by atoms with E-state index in [-0.39, 0.29) is 6.10 Å².